The predicted molar refractivity (Wildman–Crippen MR) is 137 cm³/mol. The van der Waals surface area contributed by atoms with Crippen LogP contribution >= 0.6 is 11.6 Å². The van der Waals surface area contributed by atoms with Crippen LogP contribution in [0.3, 0.4) is 0 Å². The van der Waals surface area contributed by atoms with Gasteiger partial charge in [-0.15, -0.1) is 0 Å². The van der Waals surface area contributed by atoms with Gasteiger partial charge in [-0.1, -0.05) is 50.6 Å². The van der Waals surface area contributed by atoms with E-state index in [1.54, 1.807) is 26.0 Å². The van der Waals surface area contributed by atoms with Gasteiger partial charge in [0.1, 0.15) is 18.4 Å². The van der Waals surface area contributed by atoms with E-state index >= 15 is 0 Å². The number of carbonyl (C=O) groups is 2. The molecule has 2 aromatic carbocycles. The first kappa shape index (κ1) is 28.6. The van der Waals surface area contributed by atoms with E-state index in [0.29, 0.717) is 29.1 Å². The van der Waals surface area contributed by atoms with Crippen LogP contribution in [0.1, 0.15) is 38.3 Å². The Bertz CT molecular complexity index is 1140. The third-order valence-electron chi connectivity index (χ3n) is 5.46. The molecular formula is C25H33ClFN3O4S. The summed E-state index contributed by atoms with van der Waals surface area (Å²) in [5.41, 5.74) is 1.52. The van der Waals surface area contributed by atoms with Crippen LogP contribution in [0.4, 0.5) is 10.1 Å². The number of hydrogen-bond donors (Lipinski definition) is 1. The SMILES string of the molecule is CCC(C(=O)NCC(C)C)N(Cc1ccc(F)cc1)C(=O)CN(c1cc(Cl)ccc1C)S(C)(=O)=O. The fraction of sp³-hybridized carbons (Fsp3) is 0.440. The Kier molecular flexibility index (Phi) is 10.1. The van der Waals surface area contributed by atoms with Gasteiger partial charge in [0.2, 0.25) is 21.8 Å². The molecule has 0 bridgehead atoms. The Labute approximate surface area is 212 Å². The highest BCUT2D eigenvalue weighted by molar-refractivity contribution is 7.92. The van der Waals surface area contributed by atoms with Gasteiger partial charge in [-0.3, -0.25) is 13.9 Å². The zero-order valence-corrected chi connectivity index (χ0v) is 22.3. The van der Waals surface area contributed by atoms with Crippen molar-refractivity contribution in [2.45, 2.75) is 46.7 Å². The summed E-state index contributed by atoms with van der Waals surface area (Å²) in [6.45, 7) is 7.35. The van der Waals surface area contributed by atoms with Gasteiger partial charge >= 0.3 is 0 Å². The molecule has 0 saturated heterocycles. The summed E-state index contributed by atoms with van der Waals surface area (Å²) in [7, 11) is -3.86. The molecule has 0 radical (unpaired) electrons. The maximum Gasteiger partial charge on any atom is 0.244 e. The standard InChI is InChI=1S/C25H33ClFN3O4S/c1-6-22(25(32)28-14-17(2)3)29(15-19-8-11-21(27)12-9-19)24(31)16-30(35(5,33)34)23-13-20(26)10-7-18(23)4/h7-13,17,22H,6,14-16H2,1-5H3,(H,28,32). The van der Waals surface area contributed by atoms with E-state index in [1.165, 1.54) is 35.2 Å². The lowest BCUT2D eigenvalue weighted by Gasteiger charge is -2.33. The maximum atomic E-state index is 13.6. The number of amides is 2. The van der Waals surface area contributed by atoms with Gasteiger partial charge in [0.15, 0.2) is 0 Å². The third kappa shape index (κ3) is 8.21. The molecule has 35 heavy (non-hydrogen) atoms. The van der Waals surface area contributed by atoms with Crippen molar-refractivity contribution in [3.8, 4) is 0 Å². The van der Waals surface area contributed by atoms with Crippen molar-refractivity contribution >= 4 is 39.1 Å². The van der Waals surface area contributed by atoms with Crippen LogP contribution in [-0.2, 0) is 26.2 Å². The van der Waals surface area contributed by atoms with Crippen molar-refractivity contribution in [2.75, 3.05) is 23.7 Å². The van der Waals surface area contributed by atoms with Crippen molar-refractivity contribution in [2.24, 2.45) is 5.92 Å². The molecule has 1 N–H and O–H groups in total. The quantitative estimate of drug-likeness (QED) is 0.478. The fourth-order valence-corrected chi connectivity index (χ4v) is 4.64. The van der Waals surface area contributed by atoms with Gasteiger partial charge in [0.25, 0.3) is 0 Å². The van der Waals surface area contributed by atoms with Gasteiger partial charge < -0.3 is 10.2 Å². The zero-order chi connectivity index (χ0) is 26.3. The molecule has 0 saturated carbocycles. The van der Waals surface area contributed by atoms with Crippen LogP contribution in [0.15, 0.2) is 42.5 Å². The van der Waals surface area contributed by atoms with Crippen molar-refractivity contribution in [1.82, 2.24) is 10.2 Å². The number of rotatable bonds is 11. The molecule has 0 aliphatic rings. The molecule has 2 aromatic rings. The predicted octanol–water partition coefficient (Wildman–Crippen LogP) is 4.13. The summed E-state index contributed by atoms with van der Waals surface area (Å²) in [5, 5.41) is 3.18. The highest BCUT2D eigenvalue weighted by Gasteiger charge is 2.32. The minimum atomic E-state index is -3.86. The van der Waals surface area contributed by atoms with Crippen LogP contribution in [0, 0.1) is 18.7 Å². The average Bonchev–Trinajstić information content (AvgIpc) is 2.78. The van der Waals surface area contributed by atoms with E-state index in [1.807, 2.05) is 13.8 Å². The molecule has 0 fully saturated rings. The molecule has 7 nitrogen and oxygen atoms in total. The van der Waals surface area contributed by atoms with Gasteiger partial charge in [0, 0.05) is 18.1 Å². The zero-order valence-electron chi connectivity index (χ0n) is 20.7. The topological polar surface area (TPSA) is 86.8 Å². The molecule has 0 heterocycles. The van der Waals surface area contributed by atoms with Crippen LogP contribution in [0.5, 0.6) is 0 Å². The van der Waals surface area contributed by atoms with E-state index in [9.17, 15) is 22.4 Å². The average molecular weight is 526 g/mol. The van der Waals surface area contributed by atoms with Crippen molar-refractivity contribution < 1.29 is 22.4 Å². The number of halogens is 2. The number of hydrogen-bond acceptors (Lipinski definition) is 4. The van der Waals surface area contributed by atoms with Gasteiger partial charge in [-0.05, 0) is 54.7 Å². The molecule has 0 aromatic heterocycles. The fourth-order valence-electron chi connectivity index (χ4n) is 3.57. The highest BCUT2D eigenvalue weighted by Crippen LogP contribution is 2.27. The molecule has 10 heteroatoms. The first-order valence-corrected chi connectivity index (χ1v) is 13.6. The van der Waals surface area contributed by atoms with E-state index < -0.39 is 34.3 Å². The van der Waals surface area contributed by atoms with Gasteiger partial charge in [-0.25, -0.2) is 12.8 Å². The molecular weight excluding hydrogens is 493 g/mol. The van der Waals surface area contributed by atoms with Crippen LogP contribution in [0.2, 0.25) is 5.02 Å². The van der Waals surface area contributed by atoms with E-state index in [2.05, 4.69) is 5.32 Å². The smallest absolute Gasteiger partial charge is 0.244 e. The number of aryl methyl sites for hydroxylation is 1. The molecule has 0 spiro atoms. The Morgan fingerprint density at radius 3 is 2.29 bits per heavy atom. The number of sulfonamides is 1. The van der Waals surface area contributed by atoms with Gasteiger partial charge in [0.05, 0.1) is 11.9 Å². The van der Waals surface area contributed by atoms with Crippen molar-refractivity contribution in [1.29, 1.82) is 0 Å². The Hall–Kier alpha value is -2.65. The maximum absolute atomic E-state index is 13.6. The first-order valence-electron chi connectivity index (χ1n) is 11.4. The molecule has 1 atom stereocenters. The molecule has 192 valence electrons. The number of nitrogens with zero attached hydrogens (tertiary/aromatic N) is 2. The molecule has 0 aliphatic carbocycles. The van der Waals surface area contributed by atoms with Crippen LogP contribution in [-0.4, -0.2) is 50.5 Å². The summed E-state index contributed by atoms with van der Waals surface area (Å²) in [4.78, 5) is 28.0. The van der Waals surface area contributed by atoms with Crippen molar-refractivity contribution in [3.05, 3.63) is 64.4 Å². The molecule has 1 unspecified atom stereocenters. The largest absolute Gasteiger partial charge is 0.354 e. The second-order valence-electron chi connectivity index (χ2n) is 8.91. The number of carbonyl (C=O) groups excluding carboxylic acids is 2. The number of nitrogens with one attached hydrogen (secondary N) is 1. The summed E-state index contributed by atoms with van der Waals surface area (Å²) >= 11 is 6.10. The van der Waals surface area contributed by atoms with Crippen LogP contribution < -0.4 is 9.62 Å². The Morgan fingerprint density at radius 1 is 1.11 bits per heavy atom. The summed E-state index contributed by atoms with van der Waals surface area (Å²) in [6, 6.07) is 9.57. The summed E-state index contributed by atoms with van der Waals surface area (Å²) in [6.07, 6.45) is 1.32. The summed E-state index contributed by atoms with van der Waals surface area (Å²) in [5.74, 6) is -1.11. The Balaban J connectivity index is 2.45. The van der Waals surface area contributed by atoms with Crippen LogP contribution in [0.25, 0.3) is 0 Å². The minimum absolute atomic E-state index is 0.0127. The molecule has 0 aliphatic heterocycles. The molecule has 2 amide bonds. The number of anilines is 1. The molecule has 2 rings (SSSR count). The van der Waals surface area contributed by atoms with E-state index in [0.717, 1.165) is 10.6 Å². The normalized spacial score (nSPS) is 12.3. The van der Waals surface area contributed by atoms with E-state index in [-0.39, 0.29) is 24.1 Å². The minimum Gasteiger partial charge on any atom is -0.354 e. The van der Waals surface area contributed by atoms with Crippen molar-refractivity contribution in [3.63, 3.8) is 0 Å². The monoisotopic (exact) mass is 525 g/mol. The second-order valence-corrected chi connectivity index (χ2v) is 11.3. The lowest BCUT2D eigenvalue weighted by molar-refractivity contribution is -0.140. The van der Waals surface area contributed by atoms with E-state index in [4.69, 9.17) is 11.6 Å². The first-order chi connectivity index (χ1) is 16.3. The third-order valence-corrected chi connectivity index (χ3v) is 6.82. The Morgan fingerprint density at radius 2 is 1.74 bits per heavy atom. The lowest BCUT2D eigenvalue weighted by atomic mass is 10.1. The summed E-state index contributed by atoms with van der Waals surface area (Å²) < 4.78 is 39.8. The highest BCUT2D eigenvalue weighted by atomic mass is 35.5. The lowest BCUT2D eigenvalue weighted by Crippen LogP contribution is -2.52. The second kappa shape index (κ2) is 12.4. The number of benzene rings is 2. The van der Waals surface area contributed by atoms with Gasteiger partial charge in [-0.2, -0.15) is 0 Å².